The van der Waals surface area contributed by atoms with Crippen molar-refractivity contribution in [3.05, 3.63) is 71.8 Å². The van der Waals surface area contributed by atoms with Crippen LogP contribution in [0.25, 0.3) is 0 Å². The summed E-state index contributed by atoms with van der Waals surface area (Å²) in [7, 11) is 1.50. The maximum Gasteiger partial charge on any atom is 0.245 e. The van der Waals surface area contributed by atoms with Gasteiger partial charge in [0, 0.05) is 20.1 Å². The minimum Gasteiger partial charge on any atom is -0.388 e. The molecule has 0 aromatic heterocycles. The maximum absolute atomic E-state index is 14.3. The molecule has 12 heteroatoms. The fourth-order valence-electron chi connectivity index (χ4n) is 6.79. The van der Waals surface area contributed by atoms with Crippen LogP contribution in [0.4, 0.5) is 0 Å². The van der Waals surface area contributed by atoms with Crippen LogP contribution in [0.2, 0.25) is 0 Å². The molecule has 0 spiro atoms. The molecule has 12 nitrogen and oxygen atoms in total. The van der Waals surface area contributed by atoms with Gasteiger partial charge < -0.3 is 35.6 Å². The molecule has 5 amide bonds. The highest BCUT2D eigenvalue weighted by atomic mass is 16.5. The van der Waals surface area contributed by atoms with Crippen LogP contribution in [-0.2, 0) is 40.5 Å². The second-order valence-corrected chi connectivity index (χ2v) is 14.1. The van der Waals surface area contributed by atoms with Gasteiger partial charge in [-0.25, -0.2) is 0 Å². The Hall–Kier alpha value is -4.29. The first-order chi connectivity index (χ1) is 23.4. The van der Waals surface area contributed by atoms with Crippen molar-refractivity contribution in [2.45, 2.75) is 94.7 Å². The number of likely N-dealkylation sites (N-methyl/N-ethyl adjacent to an activating group) is 1. The van der Waals surface area contributed by atoms with Crippen molar-refractivity contribution in [2.75, 3.05) is 26.7 Å². The number of hydrogen-bond donors (Lipinski definition) is 4. The van der Waals surface area contributed by atoms with E-state index in [-0.39, 0.29) is 37.9 Å². The summed E-state index contributed by atoms with van der Waals surface area (Å²) in [5.74, 6) is -2.27. The molecule has 2 aromatic rings. The van der Waals surface area contributed by atoms with E-state index in [0.717, 1.165) is 11.1 Å². The van der Waals surface area contributed by atoms with Gasteiger partial charge in [0.25, 0.3) is 0 Å². The van der Waals surface area contributed by atoms with Crippen molar-refractivity contribution in [3.63, 3.8) is 0 Å². The zero-order chi connectivity index (χ0) is 35.3. The molecule has 5 rings (SSSR count). The number of nitrogens with zero attached hydrogens (tertiary/aromatic N) is 2. The monoisotopic (exact) mass is 675 g/mol. The lowest BCUT2D eigenvalue weighted by molar-refractivity contribution is -0.147. The molecule has 1 saturated carbocycles. The van der Waals surface area contributed by atoms with Gasteiger partial charge >= 0.3 is 0 Å². The third-order valence-corrected chi connectivity index (χ3v) is 9.95. The number of aliphatic hydroxyl groups is 1. The van der Waals surface area contributed by atoms with Crippen molar-refractivity contribution >= 4 is 29.5 Å². The fourth-order valence-corrected chi connectivity index (χ4v) is 6.79. The molecule has 0 radical (unpaired) electrons. The van der Waals surface area contributed by atoms with Gasteiger partial charge in [-0.05, 0) is 49.7 Å². The first-order valence-corrected chi connectivity index (χ1v) is 17.2. The summed E-state index contributed by atoms with van der Waals surface area (Å²) in [6, 6.07) is 15.0. The molecule has 2 aromatic carbocycles. The van der Waals surface area contributed by atoms with Crippen LogP contribution in [0.3, 0.4) is 0 Å². The molecule has 0 unspecified atom stereocenters. The van der Waals surface area contributed by atoms with Crippen LogP contribution in [-0.4, -0.2) is 108 Å². The van der Waals surface area contributed by atoms with E-state index in [0.29, 0.717) is 25.7 Å². The van der Waals surface area contributed by atoms with Gasteiger partial charge in [0.1, 0.15) is 30.3 Å². The Morgan fingerprint density at radius 1 is 0.939 bits per heavy atom. The number of fused-ring (bicyclic) bond motifs is 2. The first-order valence-electron chi connectivity index (χ1n) is 17.2. The molecular formula is C37H49N5O7. The average molecular weight is 676 g/mol. The molecule has 2 bridgehead atoms. The second kappa shape index (κ2) is 15.5. The summed E-state index contributed by atoms with van der Waals surface area (Å²) in [5, 5.41) is 20.1. The standard InChI is InChI=1S/C37H49N5O7/c1-23(2)19-29-35(47)41(4)24(3)33(45)40-28(20-25-11-7-5-8-12-25)34(46)39-27-15-18-49-30(32(27)44)21-42(22-31(43)38-29)36(48)37(16-17-37)26-13-9-6-10-14-26/h5-14,23-24,27-30,32,44H,15-22H2,1-4H3,(H,38,43)(H,39,46)(H,40,45)/t24-,27-,28-,29+,30+,32-/m0/s1. The van der Waals surface area contributed by atoms with Crippen LogP contribution in [0.15, 0.2) is 60.7 Å². The number of ether oxygens (including phenoxy) is 1. The number of benzene rings is 2. The summed E-state index contributed by atoms with van der Waals surface area (Å²) in [6.07, 6.45) is -0.0878. The minimum absolute atomic E-state index is 0.0214. The third kappa shape index (κ3) is 8.48. The lowest BCUT2D eigenvalue weighted by atomic mass is 9.93. The number of nitrogens with one attached hydrogen (secondary N) is 3. The summed E-state index contributed by atoms with van der Waals surface area (Å²) >= 11 is 0. The minimum atomic E-state index is -1.20. The smallest absolute Gasteiger partial charge is 0.245 e. The van der Waals surface area contributed by atoms with Crippen molar-refractivity contribution < 1.29 is 33.8 Å². The highest BCUT2D eigenvalue weighted by molar-refractivity contribution is 5.96. The largest absolute Gasteiger partial charge is 0.388 e. The van der Waals surface area contributed by atoms with Crippen molar-refractivity contribution in [2.24, 2.45) is 5.92 Å². The Labute approximate surface area is 287 Å². The summed E-state index contributed by atoms with van der Waals surface area (Å²) in [5.41, 5.74) is 0.870. The highest BCUT2D eigenvalue weighted by Crippen LogP contribution is 2.49. The van der Waals surface area contributed by atoms with Crippen LogP contribution in [0, 0.1) is 5.92 Å². The molecule has 2 aliphatic heterocycles. The topological polar surface area (TPSA) is 157 Å². The zero-order valence-corrected chi connectivity index (χ0v) is 28.8. The van der Waals surface area contributed by atoms with Gasteiger partial charge in [-0.3, -0.25) is 24.0 Å². The van der Waals surface area contributed by atoms with Crippen molar-refractivity contribution in [1.29, 1.82) is 0 Å². The van der Waals surface area contributed by atoms with E-state index >= 15 is 0 Å². The zero-order valence-electron chi connectivity index (χ0n) is 28.8. The number of hydrogen-bond acceptors (Lipinski definition) is 7. The predicted octanol–water partition coefficient (Wildman–Crippen LogP) is 1.30. The number of amides is 5. The van der Waals surface area contributed by atoms with Gasteiger partial charge in [0.05, 0.1) is 24.5 Å². The molecular weight excluding hydrogens is 626 g/mol. The van der Waals surface area contributed by atoms with E-state index in [1.807, 2.05) is 74.5 Å². The normalized spacial score (nSPS) is 28.3. The summed E-state index contributed by atoms with van der Waals surface area (Å²) in [6.45, 7) is 5.16. The Bertz CT molecular complexity index is 1500. The second-order valence-electron chi connectivity index (χ2n) is 14.1. The lowest BCUT2D eigenvalue weighted by Gasteiger charge is -2.39. The summed E-state index contributed by atoms with van der Waals surface area (Å²) in [4.78, 5) is 72.0. The predicted molar refractivity (Wildman–Crippen MR) is 182 cm³/mol. The van der Waals surface area contributed by atoms with Gasteiger partial charge in [-0.1, -0.05) is 74.5 Å². The van der Waals surface area contributed by atoms with Gasteiger partial charge in [0.15, 0.2) is 0 Å². The lowest BCUT2D eigenvalue weighted by Crippen LogP contribution is -2.60. The van der Waals surface area contributed by atoms with E-state index in [4.69, 9.17) is 4.74 Å². The molecule has 3 fully saturated rings. The van der Waals surface area contributed by atoms with Crippen LogP contribution in [0.5, 0.6) is 0 Å². The van der Waals surface area contributed by atoms with Gasteiger partial charge in [-0.2, -0.15) is 0 Å². The Morgan fingerprint density at radius 3 is 2.22 bits per heavy atom. The van der Waals surface area contributed by atoms with E-state index < -0.39 is 65.4 Å². The third-order valence-electron chi connectivity index (χ3n) is 9.95. The molecule has 1 aliphatic carbocycles. The maximum atomic E-state index is 14.3. The first kappa shape index (κ1) is 36.0. The highest BCUT2D eigenvalue weighted by Gasteiger charge is 2.54. The summed E-state index contributed by atoms with van der Waals surface area (Å²) < 4.78 is 5.98. The average Bonchev–Trinajstić information content (AvgIpc) is 3.90. The fraction of sp³-hybridized carbons (Fsp3) is 0.541. The number of rotatable bonds is 6. The van der Waals surface area contributed by atoms with Crippen LogP contribution in [0.1, 0.15) is 57.6 Å². The molecule has 6 atom stereocenters. The van der Waals surface area contributed by atoms with Crippen LogP contribution < -0.4 is 16.0 Å². The van der Waals surface area contributed by atoms with E-state index in [1.54, 1.807) is 6.92 Å². The van der Waals surface area contributed by atoms with E-state index in [9.17, 15) is 29.1 Å². The molecule has 264 valence electrons. The van der Waals surface area contributed by atoms with Crippen LogP contribution >= 0.6 is 0 Å². The quantitative estimate of drug-likeness (QED) is 0.360. The van der Waals surface area contributed by atoms with Gasteiger partial charge in [-0.15, -0.1) is 0 Å². The number of carbonyl (C=O) groups excluding carboxylic acids is 5. The van der Waals surface area contributed by atoms with Crippen molar-refractivity contribution in [3.8, 4) is 0 Å². The Morgan fingerprint density at radius 2 is 1.59 bits per heavy atom. The molecule has 4 N–H and O–H groups in total. The SMILES string of the molecule is CC(C)C[C@H]1NC(=O)CN(C(=O)C2(c3ccccc3)CC2)C[C@H]2OCC[C@H](NC(=O)[C@H](Cc3ccccc3)NC(=O)[C@H](C)N(C)C1=O)[C@@H]2O. The molecule has 49 heavy (non-hydrogen) atoms. The van der Waals surface area contributed by atoms with Gasteiger partial charge in [0.2, 0.25) is 29.5 Å². The van der Waals surface area contributed by atoms with E-state index in [2.05, 4.69) is 16.0 Å². The number of aliphatic hydroxyl groups excluding tert-OH is 1. The van der Waals surface area contributed by atoms with Crippen molar-refractivity contribution in [1.82, 2.24) is 25.8 Å². The number of carbonyl (C=O) groups is 5. The Balaban J connectivity index is 1.49. The molecule has 3 aliphatic rings. The Kier molecular flexibility index (Phi) is 11.4. The molecule has 2 heterocycles. The molecule has 2 saturated heterocycles. The van der Waals surface area contributed by atoms with E-state index in [1.165, 1.54) is 16.8 Å².